The van der Waals surface area contributed by atoms with Gasteiger partial charge in [0, 0.05) is 37.3 Å². The Morgan fingerprint density at radius 1 is 1.18 bits per heavy atom. The van der Waals surface area contributed by atoms with Gasteiger partial charge in [0.25, 0.3) is 0 Å². The van der Waals surface area contributed by atoms with E-state index in [1.807, 2.05) is 11.7 Å². The molecule has 22 heavy (non-hydrogen) atoms. The molecule has 2 aromatic rings. The summed E-state index contributed by atoms with van der Waals surface area (Å²) < 4.78 is 4.16. The predicted molar refractivity (Wildman–Crippen MR) is 87.0 cm³/mol. The lowest BCUT2D eigenvalue weighted by Gasteiger charge is -2.08. The summed E-state index contributed by atoms with van der Waals surface area (Å²) in [6, 6.07) is 2.82. The summed E-state index contributed by atoms with van der Waals surface area (Å²) in [4.78, 5) is 0. The van der Waals surface area contributed by atoms with Gasteiger partial charge in [-0.05, 0) is 32.6 Å². The number of nitrogens with one attached hydrogen (secondary N) is 1. The number of aromatic nitrogens is 4. The Balaban J connectivity index is 1.44. The number of aryl methyl sites for hydroxylation is 2. The zero-order chi connectivity index (χ0) is 15.1. The lowest BCUT2D eigenvalue weighted by Crippen LogP contribution is -2.05. The largest absolute Gasteiger partial charge is 0.366 e. The molecule has 0 aromatic carbocycles. The van der Waals surface area contributed by atoms with E-state index in [1.165, 1.54) is 49.8 Å². The molecule has 0 spiro atoms. The minimum atomic E-state index is 0.616. The van der Waals surface area contributed by atoms with E-state index in [0.29, 0.717) is 12.0 Å². The molecule has 0 amide bonds. The fourth-order valence-corrected chi connectivity index (χ4v) is 3.47. The number of hydrogen-bond donors (Lipinski definition) is 1. The van der Waals surface area contributed by atoms with Gasteiger partial charge in [0.1, 0.15) is 5.82 Å². The first-order valence-corrected chi connectivity index (χ1v) is 8.53. The van der Waals surface area contributed by atoms with E-state index in [0.717, 1.165) is 18.1 Å². The van der Waals surface area contributed by atoms with Crippen LogP contribution in [0, 0.1) is 6.92 Å². The van der Waals surface area contributed by atoms with E-state index >= 15 is 0 Å². The van der Waals surface area contributed by atoms with Crippen molar-refractivity contribution in [3.8, 4) is 0 Å². The van der Waals surface area contributed by atoms with Gasteiger partial charge in [0.05, 0.1) is 17.4 Å². The highest BCUT2D eigenvalue weighted by molar-refractivity contribution is 5.40. The summed E-state index contributed by atoms with van der Waals surface area (Å²) in [5.41, 5.74) is 3.67. The Morgan fingerprint density at radius 2 is 1.95 bits per heavy atom. The lowest BCUT2D eigenvalue weighted by molar-refractivity contribution is 0.464. The summed E-state index contributed by atoms with van der Waals surface area (Å²) in [6.07, 6.45) is 10.1. The molecule has 2 aliphatic carbocycles. The molecule has 2 saturated carbocycles. The van der Waals surface area contributed by atoms with Crippen LogP contribution in [-0.2, 0) is 13.6 Å². The third-order valence-corrected chi connectivity index (χ3v) is 5.07. The molecule has 1 N–H and O–H groups in total. The van der Waals surface area contributed by atoms with E-state index in [2.05, 4.69) is 34.3 Å². The van der Waals surface area contributed by atoms with Gasteiger partial charge in [0.15, 0.2) is 0 Å². The van der Waals surface area contributed by atoms with Crippen LogP contribution in [0.4, 0.5) is 5.82 Å². The molecule has 5 heteroatoms. The van der Waals surface area contributed by atoms with Crippen LogP contribution in [0.15, 0.2) is 12.3 Å². The van der Waals surface area contributed by atoms with Gasteiger partial charge in [-0.25, -0.2) is 0 Å². The van der Waals surface area contributed by atoms with Crippen molar-refractivity contribution < 1.29 is 0 Å². The van der Waals surface area contributed by atoms with E-state index in [9.17, 15) is 0 Å². The number of rotatable bonds is 5. The minimum Gasteiger partial charge on any atom is -0.366 e. The van der Waals surface area contributed by atoms with Crippen LogP contribution in [0.25, 0.3) is 0 Å². The topological polar surface area (TPSA) is 47.7 Å². The number of nitrogens with zero attached hydrogens (tertiary/aromatic N) is 4. The van der Waals surface area contributed by atoms with Crippen LogP contribution in [0.3, 0.4) is 0 Å². The molecular weight excluding hydrogens is 274 g/mol. The average molecular weight is 299 g/mol. The van der Waals surface area contributed by atoms with Crippen molar-refractivity contribution in [2.75, 3.05) is 5.32 Å². The van der Waals surface area contributed by atoms with Gasteiger partial charge in [-0.15, -0.1) is 0 Å². The first-order chi connectivity index (χ1) is 10.7. The molecule has 2 aliphatic rings. The molecule has 2 aromatic heterocycles. The van der Waals surface area contributed by atoms with E-state index in [4.69, 9.17) is 5.10 Å². The molecule has 4 rings (SSSR count). The second kappa shape index (κ2) is 5.45. The van der Waals surface area contributed by atoms with E-state index in [1.54, 1.807) is 0 Å². The van der Waals surface area contributed by atoms with Crippen molar-refractivity contribution in [2.24, 2.45) is 7.05 Å². The summed E-state index contributed by atoms with van der Waals surface area (Å²) >= 11 is 0. The minimum absolute atomic E-state index is 0.616. The van der Waals surface area contributed by atoms with Crippen LogP contribution in [0.1, 0.15) is 67.4 Å². The fraction of sp³-hybridized carbons (Fsp3) is 0.647. The summed E-state index contributed by atoms with van der Waals surface area (Å²) in [5, 5.41) is 12.9. The van der Waals surface area contributed by atoms with E-state index in [-0.39, 0.29) is 0 Å². The monoisotopic (exact) mass is 299 g/mol. The quantitative estimate of drug-likeness (QED) is 0.918. The lowest BCUT2D eigenvalue weighted by atomic mass is 10.2. The molecule has 5 nitrogen and oxygen atoms in total. The molecular formula is C17H25N5. The molecule has 0 aliphatic heterocycles. The van der Waals surface area contributed by atoms with Crippen molar-refractivity contribution in [3.63, 3.8) is 0 Å². The standard InChI is InChI=1S/C17H25N5/c1-12-14(11-22(19-12)15-5-3-4-6-15)10-18-17-9-16(13-7-8-13)20-21(17)2/h9,11,13,15,18H,3-8,10H2,1-2H3. The Labute approximate surface area is 131 Å². The van der Waals surface area contributed by atoms with Gasteiger partial charge in [-0.2, -0.15) is 10.2 Å². The first kappa shape index (κ1) is 13.9. The maximum atomic E-state index is 4.73. The highest BCUT2D eigenvalue weighted by Crippen LogP contribution is 2.40. The SMILES string of the molecule is Cc1nn(C2CCCC2)cc1CNc1cc(C2CC2)nn1C. The van der Waals surface area contributed by atoms with Crippen LogP contribution >= 0.6 is 0 Å². The second-order valence-electron chi connectivity index (χ2n) is 6.86. The zero-order valence-corrected chi connectivity index (χ0v) is 13.5. The fourth-order valence-electron chi connectivity index (χ4n) is 3.47. The molecule has 2 heterocycles. The summed E-state index contributed by atoms with van der Waals surface area (Å²) in [5.74, 6) is 1.81. The summed E-state index contributed by atoms with van der Waals surface area (Å²) in [6.45, 7) is 2.93. The first-order valence-electron chi connectivity index (χ1n) is 8.53. The van der Waals surface area contributed by atoms with Gasteiger partial charge in [-0.1, -0.05) is 12.8 Å². The Hall–Kier alpha value is -1.78. The predicted octanol–water partition coefficient (Wildman–Crippen LogP) is 3.53. The van der Waals surface area contributed by atoms with Crippen molar-refractivity contribution in [1.29, 1.82) is 0 Å². The van der Waals surface area contributed by atoms with Crippen molar-refractivity contribution in [1.82, 2.24) is 19.6 Å². The highest BCUT2D eigenvalue weighted by atomic mass is 15.3. The average Bonchev–Trinajstić information content (AvgIpc) is 2.92. The molecule has 0 unspecified atom stereocenters. The third-order valence-electron chi connectivity index (χ3n) is 5.07. The second-order valence-corrected chi connectivity index (χ2v) is 6.86. The van der Waals surface area contributed by atoms with Crippen LogP contribution in [0.2, 0.25) is 0 Å². The van der Waals surface area contributed by atoms with Gasteiger partial charge >= 0.3 is 0 Å². The zero-order valence-electron chi connectivity index (χ0n) is 13.5. The molecule has 118 valence electrons. The van der Waals surface area contributed by atoms with Crippen LogP contribution < -0.4 is 5.32 Å². The molecule has 2 fully saturated rings. The smallest absolute Gasteiger partial charge is 0.124 e. The van der Waals surface area contributed by atoms with Crippen molar-refractivity contribution in [2.45, 2.75) is 64.0 Å². The van der Waals surface area contributed by atoms with E-state index < -0.39 is 0 Å². The van der Waals surface area contributed by atoms with Gasteiger partial charge in [0.2, 0.25) is 0 Å². The number of anilines is 1. The summed E-state index contributed by atoms with van der Waals surface area (Å²) in [7, 11) is 2.02. The number of hydrogen-bond acceptors (Lipinski definition) is 3. The van der Waals surface area contributed by atoms with Gasteiger partial charge < -0.3 is 5.32 Å². The highest BCUT2D eigenvalue weighted by Gasteiger charge is 2.27. The van der Waals surface area contributed by atoms with Gasteiger partial charge in [-0.3, -0.25) is 9.36 Å². The van der Waals surface area contributed by atoms with Crippen molar-refractivity contribution >= 4 is 5.82 Å². The Kier molecular flexibility index (Phi) is 3.43. The molecule has 0 radical (unpaired) electrons. The maximum Gasteiger partial charge on any atom is 0.124 e. The van der Waals surface area contributed by atoms with Crippen LogP contribution in [0.5, 0.6) is 0 Å². The molecule has 0 bridgehead atoms. The normalized spacial score (nSPS) is 19.0. The Bertz CT molecular complexity index is 659. The Morgan fingerprint density at radius 3 is 2.68 bits per heavy atom. The third kappa shape index (κ3) is 2.64. The maximum absolute atomic E-state index is 4.73. The van der Waals surface area contributed by atoms with Crippen molar-refractivity contribution in [3.05, 3.63) is 29.2 Å². The molecule has 0 atom stereocenters. The van der Waals surface area contributed by atoms with Crippen LogP contribution in [-0.4, -0.2) is 19.6 Å². The molecule has 0 saturated heterocycles.